The molecule has 1 aliphatic heterocycles. The molecule has 1 heterocycles. The predicted octanol–water partition coefficient (Wildman–Crippen LogP) is 2.78. The number of morpholine rings is 1. The van der Waals surface area contributed by atoms with E-state index in [9.17, 15) is 12.8 Å². The minimum atomic E-state index is -3.85. The van der Waals surface area contributed by atoms with Crippen LogP contribution < -0.4 is 0 Å². The standard InChI is InChI=1S/C13H17BrFNO3S/c1-3-11-8-19-9(2)7-16(11)20(17,18)13-5-4-10(14)6-12(13)15/h4-6,9,11H,3,7-8H2,1-2H3. The number of sulfonamides is 1. The van der Waals surface area contributed by atoms with E-state index in [1.54, 1.807) is 0 Å². The second kappa shape index (κ2) is 6.09. The Bertz CT molecular complexity index is 593. The van der Waals surface area contributed by atoms with Crippen molar-refractivity contribution in [2.24, 2.45) is 0 Å². The molecule has 1 aromatic rings. The van der Waals surface area contributed by atoms with Crippen molar-refractivity contribution in [3.63, 3.8) is 0 Å². The van der Waals surface area contributed by atoms with Crippen molar-refractivity contribution in [3.05, 3.63) is 28.5 Å². The van der Waals surface area contributed by atoms with Crippen molar-refractivity contribution in [1.29, 1.82) is 0 Å². The first-order chi connectivity index (χ1) is 9.36. The summed E-state index contributed by atoms with van der Waals surface area (Å²) in [6, 6.07) is 3.74. The lowest BCUT2D eigenvalue weighted by Crippen LogP contribution is -2.51. The fourth-order valence-corrected chi connectivity index (χ4v) is 4.38. The zero-order valence-corrected chi connectivity index (χ0v) is 13.7. The lowest BCUT2D eigenvalue weighted by Gasteiger charge is -2.37. The molecule has 0 aromatic heterocycles. The Morgan fingerprint density at radius 2 is 2.20 bits per heavy atom. The lowest BCUT2D eigenvalue weighted by atomic mass is 10.2. The summed E-state index contributed by atoms with van der Waals surface area (Å²) in [5.41, 5.74) is 0. The van der Waals surface area contributed by atoms with Gasteiger partial charge in [-0.3, -0.25) is 0 Å². The zero-order chi connectivity index (χ0) is 14.9. The van der Waals surface area contributed by atoms with E-state index in [1.165, 1.54) is 16.4 Å². The molecule has 1 saturated heterocycles. The molecule has 2 atom stereocenters. The first-order valence-corrected chi connectivity index (χ1v) is 8.68. The number of rotatable bonds is 3. The Hall–Kier alpha value is -0.500. The average Bonchev–Trinajstić information content (AvgIpc) is 2.38. The smallest absolute Gasteiger partial charge is 0.246 e. The Labute approximate surface area is 127 Å². The van der Waals surface area contributed by atoms with Gasteiger partial charge >= 0.3 is 0 Å². The van der Waals surface area contributed by atoms with Gasteiger partial charge in [0.2, 0.25) is 10.0 Å². The third-order valence-corrected chi connectivity index (χ3v) is 5.81. The molecule has 0 radical (unpaired) electrons. The van der Waals surface area contributed by atoms with Crippen molar-refractivity contribution >= 4 is 26.0 Å². The summed E-state index contributed by atoms with van der Waals surface area (Å²) >= 11 is 3.13. The van der Waals surface area contributed by atoms with Gasteiger partial charge in [-0.15, -0.1) is 0 Å². The highest BCUT2D eigenvalue weighted by atomic mass is 79.9. The third-order valence-electron chi connectivity index (χ3n) is 3.37. The van der Waals surface area contributed by atoms with Gasteiger partial charge in [0.25, 0.3) is 0 Å². The Kier molecular flexibility index (Phi) is 4.84. The first-order valence-electron chi connectivity index (χ1n) is 6.44. The van der Waals surface area contributed by atoms with E-state index in [1.807, 2.05) is 13.8 Å². The maximum atomic E-state index is 14.0. The molecule has 0 bridgehead atoms. The topological polar surface area (TPSA) is 46.6 Å². The van der Waals surface area contributed by atoms with Crippen molar-refractivity contribution in [3.8, 4) is 0 Å². The van der Waals surface area contributed by atoms with Crippen LogP contribution >= 0.6 is 15.9 Å². The second-order valence-electron chi connectivity index (χ2n) is 4.86. The molecule has 0 amide bonds. The van der Waals surface area contributed by atoms with Crippen LogP contribution in [-0.4, -0.2) is 38.0 Å². The molecular weight excluding hydrogens is 349 g/mol. The molecule has 0 N–H and O–H groups in total. The summed E-state index contributed by atoms with van der Waals surface area (Å²) in [6.07, 6.45) is 0.440. The van der Waals surface area contributed by atoms with Gasteiger partial charge in [0.05, 0.1) is 12.7 Å². The van der Waals surface area contributed by atoms with Gasteiger partial charge in [-0.25, -0.2) is 12.8 Å². The molecule has 1 aliphatic rings. The van der Waals surface area contributed by atoms with Crippen molar-refractivity contribution in [2.45, 2.75) is 37.3 Å². The van der Waals surface area contributed by atoms with E-state index in [0.717, 1.165) is 6.07 Å². The summed E-state index contributed by atoms with van der Waals surface area (Å²) < 4.78 is 46.6. The summed E-state index contributed by atoms with van der Waals surface area (Å²) in [7, 11) is -3.85. The summed E-state index contributed by atoms with van der Waals surface area (Å²) in [4.78, 5) is -0.284. The Balaban J connectivity index is 2.42. The normalized spacial score (nSPS) is 24.8. The highest BCUT2D eigenvalue weighted by molar-refractivity contribution is 9.10. The number of nitrogens with zero attached hydrogens (tertiary/aromatic N) is 1. The summed E-state index contributed by atoms with van der Waals surface area (Å²) in [5, 5.41) is 0. The quantitative estimate of drug-likeness (QED) is 0.827. The highest BCUT2D eigenvalue weighted by Gasteiger charge is 2.36. The predicted molar refractivity (Wildman–Crippen MR) is 77.5 cm³/mol. The SMILES string of the molecule is CCC1COC(C)CN1S(=O)(=O)c1ccc(Br)cc1F. The molecule has 7 heteroatoms. The molecule has 0 aliphatic carbocycles. The Morgan fingerprint density at radius 3 is 2.80 bits per heavy atom. The van der Waals surface area contributed by atoms with Crippen LogP contribution in [0.15, 0.2) is 27.6 Å². The van der Waals surface area contributed by atoms with Gasteiger partial charge < -0.3 is 4.74 Å². The first kappa shape index (κ1) is 15.9. The van der Waals surface area contributed by atoms with Gasteiger partial charge in [-0.2, -0.15) is 4.31 Å². The number of halogens is 2. The average molecular weight is 366 g/mol. The van der Waals surface area contributed by atoms with Crippen LogP contribution in [0.5, 0.6) is 0 Å². The fraction of sp³-hybridized carbons (Fsp3) is 0.538. The molecular formula is C13H17BrFNO3S. The van der Waals surface area contributed by atoms with Crippen LogP contribution in [-0.2, 0) is 14.8 Å². The van der Waals surface area contributed by atoms with E-state index >= 15 is 0 Å². The van der Waals surface area contributed by atoms with Crippen LogP contribution in [0.4, 0.5) is 4.39 Å². The van der Waals surface area contributed by atoms with Gasteiger partial charge in [-0.1, -0.05) is 22.9 Å². The number of benzene rings is 1. The molecule has 0 spiro atoms. The van der Waals surface area contributed by atoms with Gasteiger partial charge in [0, 0.05) is 17.1 Å². The monoisotopic (exact) mass is 365 g/mol. The molecule has 2 rings (SSSR count). The summed E-state index contributed by atoms with van der Waals surface area (Å²) in [6.45, 7) is 4.29. The third kappa shape index (κ3) is 3.05. The van der Waals surface area contributed by atoms with E-state index in [-0.39, 0.29) is 23.6 Å². The number of hydrogen-bond donors (Lipinski definition) is 0. The molecule has 1 aromatic carbocycles. The molecule has 1 fully saturated rings. The van der Waals surface area contributed by atoms with E-state index in [4.69, 9.17) is 4.74 Å². The molecule has 20 heavy (non-hydrogen) atoms. The lowest BCUT2D eigenvalue weighted by molar-refractivity contribution is -0.0231. The second-order valence-corrected chi connectivity index (χ2v) is 7.63. The summed E-state index contributed by atoms with van der Waals surface area (Å²) in [5.74, 6) is -0.742. The van der Waals surface area contributed by atoms with Gasteiger partial charge in [0.15, 0.2) is 0 Å². The van der Waals surface area contributed by atoms with E-state index in [0.29, 0.717) is 17.5 Å². The minimum Gasteiger partial charge on any atom is -0.375 e. The maximum absolute atomic E-state index is 14.0. The molecule has 112 valence electrons. The minimum absolute atomic E-state index is 0.189. The van der Waals surface area contributed by atoms with Crippen LogP contribution in [0.25, 0.3) is 0 Å². The van der Waals surface area contributed by atoms with E-state index < -0.39 is 15.8 Å². The largest absolute Gasteiger partial charge is 0.375 e. The molecule has 2 unspecified atom stereocenters. The maximum Gasteiger partial charge on any atom is 0.246 e. The zero-order valence-electron chi connectivity index (χ0n) is 11.3. The van der Waals surface area contributed by atoms with Gasteiger partial charge in [-0.05, 0) is 31.5 Å². The Morgan fingerprint density at radius 1 is 1.50 bits per heavy atom. The number of hydrogen-bond acceptors (Lipinski definition) is 3. The van der Waals surface area contributed by atoms with Crippen LogP contribution in [0, 0.1) is 5.82 Å². The highest BCUT2D eigenvalue weighted by Crippen LogP contribution is 2.27. The number of ether oxygens (including phenoxy) is 1. The molecule has 0 saturated carbocycles. The van der Waals surface area contributed by atoms with Crippen molar-refractivity contribution < 1.29 is 17.5 Å². The van der Waals surface area contributed by atoms with Crippen molar-refractivity contribution in [1.82, 2.24) is 4.31 Å². The molecule has 4 nitrogen and oxygen atoms in total. The van der Waals surface area contributed by atoms with E-state index in [2.05, 4.69) is 15.9 Å². The van der Waals surface area contributed by atoms with Crippen LogP contribution in [0.3, 0.4) is 0 Å². The fourth-order valence-electron chi connectivity index (χ4n) is 2.24. The van der Waals surface area contributed by atoms with Crippen LogP contribution in [0.2, 0.25) is 0 Å². The van der Waals surface area contributed by atoms with Crippen LogP contribution in [0.1, 0.15) is 20.3 Å². The van der Waals surface area contributed by atoms with Crippen molar-refractivity contribution in [2.75, 3.05) is 13.2 Å². The van der Waals surface area contributed by atoms with Gasteiger partial charge in [0.1, 0.15) is 10.7 Å².